The van der Waals surface area contributed by atoms with Gasteiger partial charge in [-0.25, -0.2) is 13.1 Å². The van der Waals surface area contributed by atoms with Crippen molar-refractivity contribution in [2.45, 2.75) is 68.6 Å². The van der Waals surface area contributed by atoms with Gasteiger partial charge in [0.05, 0.1) is 24.2 Å². The molecule has 2 heterocycles. The van der Waals surface area contributed by atoms with E-state index < -0.39 is 26.8 Å². The maximum atomic E-state index is 13.4. The van der Waals surface area contributed by atoms with Crippen molar-refractivity contribution in [3.8, 4) is 5.75 Å². The number of fused-ring (bicyclic) bond motifs is 4. The number of anilines is 1. The lowest BCUT2D eigenvalue weighted by atomic mass is 9.64. The Hall–Kier alpha value is -2.59. The fraction of sp³-hybridized carbons (Fsp3) is 0.559. The van der Waals surface area contributed by atoms with Gasteiger partial charge in [-0.3, -0.25) is 4.79 Å². The van der Waals surface area contributed by atoms with Crippen LogP contribution < -0.4 is 14.4 Å². The first kappa shape index (κ1) is 31.4. The van der Waals surface area contributed by atoms with Gasteiger partial charge in [-0.15, -0.1) is 0 Å². The van der Waals surface area contributed by atoms with Crippen LogP contribution in [0.4, 0.5) is 5.69 Å². The molecule has 6 rings (SSSR count). The highest BCUT2D eigenvalue weighted by Gasteiger charge is 2.49. The second-order valence-electron chi connectivity index (χ2n) is 13.3. The number of carbonyl (C=O) groups is 1. The summed E-state index contributed by atoms with van der Waals surface area (Å²) in [6, 6.07) is 11.4. The summed E-state index contributed by atoms with van der Waals surface area (Å²) in [7, 11) is -2.32. The minimum absolute atomic E-state index is 0.0746. The Bertz CT molecular complexity index is 1560. The summed E-state index contributed by atoms with van der Waals surface area (Å²) in [6.45, 7) is 5.14. The number of hydrogen-bond acceptors (Lipinski definition) is 7. The quantitative estimate of drug-likeness (QED) is 0.431. The van der Waals surface area contributed by atoms with Crippen LogP contribution in [0.1, 0.15) is 67.4 Å². The smallest absolute Gasteiger partial charge is 0.264 e. The van der Waals surface area contributed by atoms with Crippen molar-refractivity contribution < 1.29 is 27.8 Å². The average molecular weight is 643 g/mol. The molecule has 6 atom stereocenters. The van der Waals surface area contributed by atoms with Crippen LogP contribution in [-0.2, 0) is 26.6 Å². The standard InChI is InChI=1S/C34H43ClN2O6S/c1-22-6-4-15-34(20-38,42-3)29-11-8-26(29)18-37-19-33(14-5-7-24-16-27(35)10-12-28(24)33)21-43-31-13-9-25(17-30(31)37)32(39)36-44(40,41)23(22)2/h4,9-10,12-13,15-17,22-23,26,29,38H,5-8,11,14,18-21H2,1-3H3,(H,36,39)/b15-4-/t22-,23+,26-,29+,33-,34-/m0/s1. The van der Waals surface area contributed by atoms with E-state index in [2.05, 4.69) is 21.8 Å². The lowest BCUT2D eigenvalue weighted by molar-refractivity contribution is -0.103. The molecule has 0 unspecified atom stereocenters. The Morgan fingerprint density at radius 2 is 2.00 bits per heavy atom. The molecule has 238 valence electrons. The number of nitrogens with zero attached hydrogens (tertiary/aromatic N) is 1. The van der Waals surface area contributed by atoms with Gasteiger partial charge in [-0.05, 0) is 105 Å². The van der Waals surface area contributed by atoms with E-state index in [1.165, 1.54) is 11.1 Å². The van der Waals surface area contributed by atoms with E-state index in [-0.39, 0.29) is 35.3 Å². The summed E-state index contributed by atoms with van der Waals surface area (Å²) in [5.74, 6) is 0.0543. The lowest BCUT2D eigenvalue weighted by Gasteiger charge is -2.50. The normalized spacial score (nSPS) is 34.0. The van der Waals surface area contributed by atoms with Crippen molar-refractivity contribution in [3.63, 3.8) is 0 Å². The highest BCUT2D eigenvalue weighted by Crippen LogP contribution is 2.49. The molecule has 0 aromatic heterocycles. The molecule has 1 fully saturated rings. The first-order valence-corrected chi connectivity index (χ1v) is 17.6. The first-order valence-electron chi connectivity index (χ1n) is 15.7. The SMILES string of the molecule is CO[C@]1(CO)/C=C\C[C@H](C)[C@@H](C)S(=O)(=O)NC(=O)c2ccc3c(c2)N(C[C@@H]2CC[C@H]21)C[C@@]1(CCCc2cc(Cl)ccc21)CO3. The number of rotatable bonds is 2. The summed E-state index contributed by atoms with van der Waals surface area (Å²) < 4.78 is 41.5. The first-order chi connectivity index (χ1) is 21.0. The van der Waals surface area contributed by atoms with Crippen LogP contribution in [0.2, 0.25) is 5.02 Å². The number of aryl methyl sites for hydroxylation is 1. The van der Waals surface area contributed by atoms with Gasteiger partial charge >= 0.3 is 0 Å². The highest BCUT2D eigenvalue weighted by atomic mass is 35.5. The number of carbonyl (C=O) groups excluding carboxylic acids is 1. The van der Waals surface area contributed by atoms with Crippen molar-refractivity contribution in [2.75, 3.05) is 38.3 Å². The summed E-state index contributed by atoms with van der Waals surface area (Å²) in [5.41, 5.74) is 2.38. The molecule has 4 aliphatic rings. The molecule has 2 aromatic rings. The van der Waals surface area contributed by atoms with Gasteiger partial charge in [0.2, 0.25) is 10.0 Å². The number of nitrogens with one attached hydrogen (secondary N) is 1. The molecule has 1 amide bonds. The van der Waals surface area contributed by atoms with Gasteiger partial charge in [-0.1, -0.05) is 36.7 Å². The maximum absolute atomic E-state index is 13.4. The summed E-state index contributed by atoms with van der Waals surface area (Å²) in [5, 5.41) is 10.6. The second kappa shape index (κ2) is 12.0. The molecule has 1 spiro atoms. The van der Waals surface area contributed by atoms with Crippen LogP contribution in [0.25, 0.3) is 0 Å². The number of ether oxygens (including phenoxy) is 2. The van der Waals surface area contributed by atoms with Crippen molar-refractivity contribution in [2.24, 2.45) is 17.8 Å². The number of allylic oxidation sites excluding steroid dienone is 1. The zero-order valence-electron chi connectivity index (χ0n) is 25.7. The van der Waals surface area contributed by atoms with Gasteiger partial charge in [0.25, 0.3) is 5.91 Å². The van der Waals surface area contributed by atoms with Crippen molar-refractivity contribution in [3.05, 3.63) is 70.3 Å². The van der Waals surface area contributed by atoms with E-state index in [0.717, 1.165) is 42.8 Å². The predicted molar refractivity (Wildman–Crippen MR) is 172 cm³/mol. The van der Waals surface area contributed by atoms with E-state index >= 15 is 0 Å². The number of hydrogen-bond donors (Lipinski definition) is 2. The Kier molecular flexibility index (Phi) is 8.54. The molecule has 0 radical (unpaired) electrons. The van der Waals surface area contributed by atoms with Crippen LogP contribution in [0.3, 0.4) is 0 Å². The van der Waals surface area contributed by atoms with Crippen molar-refractivity contribution >= 4 is 33.2 Å². The topological polar surface area (TPSA) is 105 Å². The van der Waals surface area contributed by atoms with E-state index in [1.807, 2.05) is 25.1 Å². The van der Waals surface area contributed by atoms with Gasteiger partial charge in [0.15, 0.2) is 0 Å². The zero-order chi connectivity index (χ0) is 31.3. The summed E-state index contributed by atoms with van der Waals surface area (Å²) in [4.78, 5) is 15.7. The molecule has 2 aromatic carbocycles. The molecule has 2 bridgehead atoms. The Balaban J connectivity index is 1.46. The van der Waals surface area contributed by atoms with E-state index in [9.17, 15) is 18.3 Å². The van der Waals surface area contributed by atoms with Crippen molar-refractivity contribution in [1.82, 2.24) is 4.72 Å². The minimum Gasteiger partial charge on any atom is -0.490 e. The van der Waals surface area contributed by atoms with Gasteiger partial charge in [0.1, 0.15) is 11.4 Å². The predicted octanol–water partition coefficient (Wildman–Crippen LogP) is 5.26. The number of sulfonamides is 1. The fourth-order valence-electron chi connectivity index (χ4n) is 7.81. The number of methoxy groups -OCH3 is 1. The van der Waals surface area contributed by atoms with Crippen LogP contribution in [0, 0.1) is 17.8 Å². The van der Waals surface area contributed by atoms with E-state index in [0.29, 0.717) is 31.9 Å². The highest BCUT2D eigenvalue weighted by molar-refractivity contribution is 7.90. The molecule has 44 heavy (non-hydrogen) atoms. The van der Waals surface area contributed by atoms with Crippen LogP contribution >= 0.6 is 11.6 Å². The molecule has 1 saturated carbocycles. The third-order valence-electron chi connectivity index (χ3n) is 10.9. The molecule has 2 N–H and O–H groups in total. The lowest BCUT2D eigenvalue weighted by Crippen LogP contribution is -2.54. The molecular weight excluding hydrogens is 600 g/mol. The summed E-state index contributed by atoms with van der Waals surface area (Å²) >= 11 is 6.41. The third kappa shape index (κ3) is 5.54. The van der Waals surface area contributed by atoms with E-state index in [1.54, 1.807) is 32.2 Å². The zero-order valence-corrected chi connectivity index (χ0v) is 27.3. The van der Waals surface area contributed by atoms with E-state index in [4.69, 9.17) is 21.1 Å². The molecular formula is C34H43ClN2O6S. The minimum atomic E-state index is -3.95. The Morgan fingerprint density at radius 1 is 1.18 bits per heavy atom. The Morgan fingerprint density at radius 3 is 2.73 bits per heavy atom. The van der Waals surface area contributed by atoms with Crippen LogP contribution in [0.5, 0.6) is 5.75 Å². The van der Waals surface area contributed by atoms with Crippen LogP contribution in [-0.4, -0.2) is 63.7 Å². The molecule has 2 aliphatic heterocycles. The van der Waals surface area contributed by atoms with Gasteiger partial charge in [-0.2, -0.15) is 0 Å². The van der Waals surface area contributed by atoms with Gasteiger partial charge in [0, 0.05) is 36.2 Å². The molecule has 8 nitrogen and oxygen atoms in total. The monoisotopic (exact) mass is 642 g/mol. The molecule has 2 aliphatic carbocycles. The van der Waals surface area contributed by atoms with Gasteiger partial charge < -0.3 is 19.5 Å². The summed E-state index contributed by atoms with van der Waals surface area (Å²) in [6.07, 6.45) is 9.15. The largest absolute Gasteiger partial charge is 0.490 e. The maximum Gasteiger partial charge on any atom is 0.264 e. The van der Waals surface area contributed by atoms with Crippen LogP contribution in [0.15, 0.2) is 48.6 Å². The number of benzene rings is 2. The second-order valence-corrected chi connectivity index (χ2v) is 15.8. The Labute approximate surface area is 265 Å². The molecule has 10 heteroatoms. The third-order valence-corrected chi connectivity index (χ3v) is 13.0. The van der Waals surface area contributed by atoms with Crippen molar-refractivity contribution in [1.29, 1.82) is 0 Å². The average Bonchev–Trinajstić information content (AvgIpc) is 3.14. The molecule has 0 saturated heterocycles. The number of aliphatic hydroxyl groups excluding tert-OH is 1. The number of amides is 1. The number of aliphatic hydroxyl groups is 1. The number of halogens is 1. The fourth-order valence-corrected chi connectivity index (χ4v) is 9.29.